The number of amides is 1. The van der Waals surface area contributed by atoms with Gasteiger partial charge in [0.05, 0.1) is 6.42 Å². The van der Waals surface area contributed by atoms with Gasteiger partial charge in [0.1, 0.15) is 0 Å². The van der Waals surface area contributed by atoms with Crippen molar-refractivity contribution in [1.82, 2.24) is 15.1 Å². The van der Waals surface area contributed by atoms with Crippen molar-refractivity contribution in [2.75, 3.05) is 6.54 Å². The Labute approximate surface area is 131 Å². The summed E-state index contributed by atoms with van der Waals surface area (Å²) in [5.41, 5.74) is 0.843. The molecule has 0 aliphatic rings. The lowest BCUT2D eigenvalue weighted by atomic mass is 10.1. The molecule has 6 heteroatoms. The quantitative estimate of drug-likeness (QED) is 0.808. The van der Waals surface area contributed by atoms with Crippen LogP contribution in [0.2, 0.25) is 0 Å². The van der Waals surface area contributed by atoms with E-state index < -0.39 is 0 Å². The van der Waals surface area contributed by atoms with Gasteiger partial charge < -0.3 is 5.32 Å². The molecule has 0 saturated carbocycles. The average Bonchev–Trinajstić information content (AvgIpc) is 2.48. The van der Waals surface area contributed by atoms with Gasteiger partial charge >= 0.3 is 0 Å². The van der Waals surface area contributed by atoms with Gasteiger partial charge in [0.25, 0.3) is 5.56 Å². The molecule has 0 aliphatic heterocycles. The van der Waals surface area contributed by atoms with Crippen molar-refractivity contribution in [2.45, 2.75) is 19.4 Å². The van der Waals surface area contributed by atoms with Crippen molar-refractivity contribution in [3.8, 4) is 0 Å². The number of nitrogens with one attached hydrogen (secondary N) is 1. The molecule has 0 saturated heterocycles. The fourth-order valence-electron chi connectivity index (χ4n) is 1.86. The van der Waals surface area contributed by atoms with Gasteiger partial charge in [0, 0.05) is 29.8 Å². The predicted molar refractivity (Wildman–Crippen MR) is 84.0 cm³/mol. The summed E-state index contributed by atoms with van der Waals surface area (Å²) in [4.78, 5) is 23.2. The molecular formula is C15H16BrN3O2. The predicted octanol–water partition coefficient (Wildman–Crippen LogP) is 1.75. The number of carbonyl (C=O) groups is 1. The van der Waals surface area contributed by atoms with Crippen molar-refractivity contribution in [3.63, 3.8) is 0 Å². The zero-order valence-electron chi connectivity index (χ0n) is 11.5. The maximum atomic E-state index is 11.8. The third kappa shape index (κ3) is 5.15. The Morgan fingerprint density at radius 2 is 2.00 bits per heavy atom. The highest BCUT2D eigenvalue weighted by Gasteiger charge is 2.03. The second-order valence-electron chi connectivity index (χ2n) is 4.59. The van der Waals surface area contributed by atoms with Gasteiger partial charge in [0.2, 0.25) is 5.91 Å². The number of hydrogen-bond donors (Lipinski definition) is 1. The first kappa shape index (κ1) is 15.4. The molecule has 0 atom stereocenters. The zero-order valence-corrected chi connectivity index (χ0v) is 13.0. The van der Waals surface area contributed by atoms with Crippen LogP contribution >= 0.6 is 15.9 Å². The summed E-state index contributed by atoms with van der Waals surface area (Å²) in [7, 11) is 0. The molecule has 21 heavy (non-hydrogen) atoms. The van der Waals surface area contributed by atoms with E-state index in [4.69, 9.17) is 0 Å². The number of nitrogens with zero attached hydrogens (tertiary/aromatic N) is 2. The lowest BCUT2D eigenvalue weighted by Crippen LogP contribution is -2.28. The normalized spacial score (nSPS) is 10.3. The lowest BCUT2D eigenvalue weighted by molar-refractivity contribution is -0.120. The fourth-order valence-corrected chi connectivity index (χ4v) is 2.13. The number of aryl methyl sites for hydroxylation is 1. The van der Waals surface area contributed by atoms with Crippen LogP contribution in [0.1, 0.15) is 12.0 Å². The Morgan fingerprint density at radius 1 is 1.24 bits per heavy atom. The smallest absolute Gasteiger partial charge is 0.266 e. The molecule has 1 heterocycles. The van der Waals surface area contributed by atoms with Gasteiger partial charge in [-0.3, -0.25) is 9.59 Å². The first-order valence-corrected chi connectivity index (χ1v) is 7.48. The van der Waals surface area contributed by atoms with Crippen LogP contribution in [-0.4, -0.2) is 22.2 Å². The van der Waals surface area contributed by atoms with E-state index in [1.165, 1.54) is 10.7 Å². The number of carbonyl (C=O) groups excluding carboxylic acids is 1. The molecule has 1 N–H and O–H groups in total. The first-order valence-electron chi connectivity index (χ1n) is 6.68. The molecule has 110 valence electrons. The van der Waals surface area contributed by atoms with Crippen LogP contribution in [0.5, 0.6) is 0 Å². The molecule has 0 radical (unpaired) electrons. The molecule has 0 fully saturated rings. The Balaban J connectivity index is 1.71. The van der Waals surface area contributed by atoms with E-state index >= 15 is 0 Å². The maximum absolute atomic E-state index is 11.8. The Bertz CT molecular complexity index is 652. The molecule has 1 aromatic carbocycles. The number of halogens is 1. The number of hydrogen-bond acceptors (Lipinski definition) is 3. The van der Waals surface area contributed by atoms with Crippen LogP contribution in [-0.2, 0) is 17.8 Å². The van der Waals surface area contributed by atoms with Gasteiger partial charge in [-0.05, 0) is 30.2 Å². The van der Waals surface area contributed by atoms with E-state index in [0.717, 1.165) is 10.0 Å². The van der Waals surface area contributed by atoms with E-state index in [-0.39, 0.29) is 11.5 Å². The molecule has 1 aromatic heterocycles. The average molecular weight is 350 g/mol. The summed E-state index contributed by atoms with van der Waals surface area (Å²) in [6, 6.07) is 10.7. The number of benzene rings is 1. The molecular weight excluding hydrogens is 334 g/mol. The molecule has 2 rings (SSSR count). The Kier molecular flexibility index (Phi) is 5.68. The van der Waals surface area contributed by atoms with Gasteiger partial charge in [-0.1, -0.05) is 28.1 Å². The van der Waals surface area contributed by atoms with Crippen molar-refractivity contribution in [1.29, 1.82) is 0 Å². The standard InChI is InChI=1S/C15H16BrN3O2/c16-13-6-4-12(5-7-13)11-14(20)17-8-2-10-19-15(21)3-1-9-18-19/h1,3-7,9H,2,8,10-11H2,(H,17,20). The van der Waals surface area contributed by atoms with Gasteiger partial charge in [-0.2, -0.15) is 5.10 Å². The van der Waals surface area contributed by atoms with E-state index in [9.17, 15) is 9.59 Å². The number of aromatic nitrogens is 2. The summed E-state index contributed by atoms with van der Waals surface area (Å²) in [6.07, 6.45) is 2.60. The van der Waals surface area contributed by atoms with Gasteiger partial charge in [-0.15, -0.1) is 0 Å². The SMILES string of the molecule is O=C(Cc1ccc(Br)cc1)NCCCn1ncccc1=O. The van der Waals surface area contributed by atoms with Crippen LogP contribution in [0, 0.1) is 0 Å². The van der Waals surface area contributed by atoms with Crippen molar-refractivity contribution in [3.05, 3.63) is 63.0 Å². The van der Waals surface area contributed by atoms with Crippen LogP contribution < -0.4 is 10.9 Å². The Hall–Kier alpha value is -1.95. The summed E-state index contributed by atoms with van der Waals surface area (Å²) in [6.45, 7) is 1.02. The zero-order chi connectivity index (χ0) is 15.1. The summed E-state index contributed by atoms with van der Waals surface area (Å²) in [5, 5.41) is 6.80. The summed E-state index contributed by atoms with van der Waals surface area (Å²) in [5.74, 6) is -0.0225. The summed E-state index contributed by atoms with van der Waals surface area (Å²) >= 11 is 3.36. The molecule has 5 nitrogen and oxygen atoms in total. The molecule has 1 amide bonds. The van der Waals surface area contributed by atoms with Crippen molar-refractivity contribution >= 4 is 21.8 Å². The Morgan fingerprint density at radius 3 is 2.71 bits per heavy atom. The molecule has 0 spiro atoms. The topological polar surface area (TPSA) is 64.0 Å². The molecule has 0 aliphatic carbocycles. The van der Waals surface area contributed by atoms with Crippen LogP contribution in [0.15, 0.2) is 51.9 Å². The maximum Gasteiger partial charge on any atom is 0.266 e. The lowest BCUT2D eigenvalue weighted by Gasteiger charge is -2.06. The second-order valence-corrected chi connectivity index (χ2v) is 5.51. The third-order valence-corrected chi connectivity index (χ3v) is 3.46. The monoisotopic (exact) mass is 349 g/mol. The van der Waals surface area contributed by atoms with Gasteiger partial charge in [0.15, 0.2) is 0 Å². The van der Waals surface area contributed by atoms with Crippen LogP contribution in [0.25, 0.3) is 0 Å². The minimum Gasteiger partial charge on any atom is -0.356 e. The highest BCUT2D eigenvalue weighted by atomic mass is 79.9. The highest BCUT2D eigenvalue weighted by molar-refractivity contribution is 9.10. The van der Waals surface area contributed by atoms with E-state index in [1.807, 2.05) is 24.3 Å². The van der Waals surface area contributed by atoms with E-state index in [1.54, 1.807) is 12.3 Å². The molecule has 0 unspecified atom stereocenters. The summed E-state index contributed by atoms with van der Waals surface area (Å²) < 4.78 is 2.38. The van der Waals surface area contributed by atoms with Crippen LogP contribution in [0.3, 0.4) is 0 Å². The minimum absolute atomic E-state index is 0.0225. The van der Waals surface area contributed by atoms with E-state index in [0.29, 0.717) is 25.9 Å². The molecule has 0 bridgehead atoms. The first-order chi connectivity index (χ1) is 10.1. The largest absolute Gasteiger partial charge is 0.356 e. The van der Waals surface area contributed by atoms with Gasteiger partial charge in [-0.25, -0.2) is 4.68 Å². The van der Waals surface area contributed by atoms with E-state index in [2.05, 4.69) is 26.3 Å². The minimum atomic E-state index is -0.126. The van der Waals surface area contributed by atoms with Crippen molar-refractivity contribution in [2.24, 2.45) is 0 Å². The fraction of sp³-hybridized carbons (Fsp3) is 0.267. The second kappa shape index (κ2) is 7.73. The number of rotatable bonds is 6. The van der Waals surface area contributed by atoms with Crippen molar-refractivity contribution < 1.29 is 4.79 Å². The highest BCUT2D eigenvalue weighted by Crippen LogP contribution is 2.10. The molecule has 2 aromatic rings. The van der Waals surface area contributed by atoms with Crippen LogP contribution in [0.4, 0.5) is 0 Å². The third-order valence-electron chi connectivity index (χ3n) is 2.93.